The second-order valence-corrected chi connectivity index (χ2v) is 10.4. The smallest absolute Gasteiger partial charge is 0.0540 e. The lowest BCUT2D eigenvalue weighted by Crippen LogP contribution is -2.12. The topological polar surface area (TPSA) is 3.24 Å². The van der Waals surface area contributed by atoms with Gasteiger partial charge in [-0.25, -0.2) is 0 Å². The van der Waals surface area contributed by atoms with Gasteiger partial charge in [-0.15, -0.1) is 0 Å². The molecule has 0 saturated carbocycles. The highest BCUT2D eigenvalue weighted by molar-refractivity contribution is 9.10. The van der Waals surface area contributed by atoms with Crippen LogP contribution < -0.4 is 4.90 Å². The fourth-order valence-electron chi connectivity index (χ4n) is 4.35. The summed E-state index contributed by atoms with van der Waals surface area (Å²) in [4.78, 5) is 2.36. The van der Waals surface area contributed by atoms with Crippen LogP contribution in [0.15, 0.2) is 124 Å². The Morgan fingerprint density at radius 1 is 0.486 bits per heavy atom. The van der Waals surface area contributed by atoms with Gasteiger partial charge < -0.3 is 4.90 Å². The van der Waals surface area contributed by atoms with E-state index >= 15 is 0 Å². The number of hydrogen-bond acceptors (Lipinski definition) is 1. The minimum Gasteiger partial charge on any atom is -0.310 e. The molecule has 1 nitrogen and oxygen atoms in total. The first-order valence-corrected chi connectivity index (χ1v) is 14.2. The predicted molar refractivity (Wildman–Crippen MR) is 168 cm³/mol. The van der Waals surface area contributed by atoms with Crippen LogP contribution in [0.2, 0.25) is 0 Å². The van der Waals surface area contributed by atoms with Crippen LogP contribution in [0, 0.1) is 13.8 Å². The normalized spacial score (nSPS) is 10.4. The van der Waals surface area contributed by atoms with Crippen molar-refractivity contribution in [2.75, 3.05) is 4.90 Å². The zero-order valence-electron chi connectivity index (χ0n) is 21.7. The number of hydrogen-bond donors (Lipinski definition) is 0. The fraction of sp³-hybridized carbons (Fsp3) is 0.118. The van der Waals surface area contributed by atoms with E-state index in [9.17, 15) is 0 Å². The summed E-state index contributed by atoms with van der Waals surface area (Å²) in [5.41, 5.74) is 10.6. The van der Waals surface area contributed by atoms with Crippen molar-refractivity contribution in [3.05, 3.63) is 135 Å². The van der Waals surface area contributed by atoms with E-state index in [-0.39, 0.29) is 0 Å². The van der Waals surface area contributed by atoms with Gasteiger partial charge in [0.15, 0.2) is 0 Å². The van der Waals surface area contributed by atoms with Crippen LogP contribution in [0.1, 0.15) is 25.0 Å². The van der Waals surface area contributed by atoms with Crippen LogP contribution in [0.25, 0.3) is 22.3 Å². The van der Waals surface area contributed by atoms with Crippen LogP contribution in [-0.4, -0.2) is 0 Å². The number of anilines is 3. The number of aryl methyl sites for hydroxylation is 2. The van der Waals surface area contributed by atoms with E-state index in [1.54, 1.807) is 0 Å². The Morgan fingerprint density at radius 3 is 1.46 bits per heavy atom. The maximum Gasteiger partial charge on any atom is 0.0540 e. The van der Waals surface area contributed by atoms with E-state index < -0.39 is 0 Å². The molecule has 0 spiro atoms. The van der Waals surface area contributed by atoms with Crippen LogP contribution >= 0.6 is 31.9 Å². The van der Waals surface area contributed by atoms with Gasteiger partial charge >= 0.3 is 0 Å². The van der Waals surface area contributed by atoms with Gasteiger partial charge in [-0.3, -0.25) is 0 Å². The molecule has 0 unspecified atom stereocenters. The highest BCUT2D eigenvalue weighted by Crippen LogP contribution is 2.43. The zero-order valence-corrected chi connectivity index (χ0v) is 24.8. The van der Waals surface area contributed by atoms with Crippen LogP contribution in [0.4, 0.5) is 17.1 Å². The fourth-order valence-corrected chi connectivity index (χ4v) is 4.85. The van der Waals surface area contributed by atoms with E-state index in [1.165, 1.54) is 33.4 Å². The molecule has 0 aliphatic rings. The quantitative estimate of drug-likeness (QED) is 0.191. The molecule has 0 radical (unpaired) electrons. The molecule has 0 amide bonds. The summed E-state index contributed by atoms with van der Waals surface area (Å²) in [6.07, 6.45) is 0. The van der Waals surface area contributed by atoms with Gasteiger partial charge in [-0.1, -0.05) is 112 Å². The molecule has 0 fully saturated rings. The van der Waals surface area contributed by atoms with E-state index in [0.29, 0.717) is 0 Å². The molecule has 0 aromatic heterocycles. The van der Waals surface area contributed by atoms with Crippen molar-refractivity contribution < 1.29 is 0 Å². The third-order valence-electron chi connectivity index (χ3n) is 6.23. The van der Waals surface area contributed by atoms with Crippen molar-refractivity contribution in [2.45, 2.75) is 27.7 Å². The molecule has 5 aromatic rings. The molecule has 5 aromatic carbocycles. The summed E-state index contributed by atoms with van der Waals surface area (Å²) in [6, 6.07) is 41.1. The summed E-state index contributed by atoms with van der Waals surface area (Å²) in [5, 5.41) is 0. The van der Waals surface area contributed by atoms with E-state index in [2.05, 4.69) is 166 Å². The van der Waals surface area contributed by atoms with Crippen LogP contribution in [-0.2, 0) is 0 Å². The lowest BCUT2D eigenvalue weighted by atomic mass is 9.96. The van der Waals surface area contributed by atoms with Crippen molar-refractivity contribution in [2.24, 2.45) is 0 Å². The SMILES string of the molecule is CC.Cc1cc(N(c2ccc(Br)c(C)c2)c2ccc(-c3ccccc3)cc2-c2ccccc2)ccc1Br. The third-order valence-corrected chi connectivity index (χ3v) is 8.01. The largest absolute Gasteiger partial charge is 0.310 e. The second kappa shape index (κ2) is 12.4. The highest BCUT2D eigenvalue weighted by atomic mass is 79.9. The highest BCUT2D eigenvalue weighted by Gasteiger charge is 2.19. The molecule has 3 heteroatoms. The van der Waals surface area contributed by atoms with Gasteiger partial charge in [0, 0.05) is 25.9 Å². The molecule has 0 atom stereocenters. The van der Waals surface area contributed by atoms with E-state index in [1.807, 2.05) is 13.8 Å². The van der Waals surface area contributed by atoms with Crippen molar-refractivity contribution in [1.82, 2.24) is 0 Å². The summed E-state index contributed by atoms with van der Waals surface area (Å²) in [6.45, 7) is 8.27. The lowest BCUT2D eigenvalue weighted by Gasteiger charge is -2.29. The molecular weight excluding hydrogens is 582 g/mol. The first-order chi connectivity index (χ1) is 18.0. The Kier molecular flexibility index (Phi) is 9.02. The van der Waals surface area contributed by atoms with Gasteiger partial charge in [-0.2, -0.15) is 0 Å². The van der Waals surface area contributed by atoms with Crippen LogP contribution in [0.5, 0.6) is 0 Å². The molecule has 5 rings (SSSR count). The van der Waals surface area contributed by atoms with Gasteiger partial charge in [0.2, 0.25) is 0 Å². The number of rotatable bonds is 5. The molecule has 0 heterocycles. The molecule has 37 heavy (non-hydrogen) atoms. The maximum atomic E-state index is 3.67. The van der Waals surface area contributed by atoms with Crippen molar-refractivity contribution >= 4 is 48.9 Å². The summed E-state index contributed by atoms with van der Waals surface area (Å²) >= 11 is 7.35. The Hall–Kier alpha value is -3.14. The first-order valence-electron chi connectivity index (χ1n) is 12.6. The zero-order chi connectivity index (χ0) is 26.4. The average Bonchev–Trinajstić information content (AvgIpc) is 2.95. The summed E-state index contributed by atoms with van der Waals surface area (Å²) < 4.78 is 2.21. The lowest BCUT2D eigenvalue weighted by molar-refractivity contribution is 1.25. The van der Waals surface area contributed by atoms with Gasteiger partial charge in [-0.05, 0) is 90.2 Å². The van der Waals surface area contributed by atoms with Gasteiger partial charge in [0.25, 0.3) is 0 Å². The Bertz CT molecular complexity index is 1430. The molecule has 0 aliphatic carbocycles. The summed E-state index contributed by atoms with van der Waals surface area (Å²) in [7, 11) is 0. The predicted octanol–water partition coefficient (Wildman–Crippen LogP) is 11.7. The molecule has 186 valence electrons. The van der Waals surface area contributed by atoms with Gasteiger partial charge in [0.05, 0.1) is 5.69 Å². The molecular formula is C34H31Br2N. The maximum absolute atomic E-state index is 3.67. The number of benzene rings is 5. The Labute approximate surface area is 238 Å². The minimum atomic E-state index is 1.11. The minimum absolute atomic E-state index is 1.11. The van der Waals surface area contributed by atoms with Crippen molar-refractivity contribution in [3.8, 4) is 22.3 Å². The van der Waals surface area contributed by atoms with E-state index in [4.69, 9.17) is 0 Å². The van der Waals surface area contributed by atoms with Crippen molar-refractivity contribution in [1.29, 1.82) is 0 Å². The Balaban J connectivity index is 0.00000156. The van der Waals surface area contributed by atoms with E-state index in [0.717, 1.165) is 26.0 Å². The summed E-state index contributed by atoms with van der Waals surface area (Å²) in [5.74, 6) is 0. The number of halogens is 2. The monoisotopic (exact) mass is 611 g/mol. The number of nitrogens with zero attached hydrogens (tertiary/aromatic N) is 1. The van der Waals surface area contributed by atoms with Crippen LogP contribution in [0.3, 0.4) is 0 Å². The molecule has 0 saturated heterocycles. The Morgan fingerprint density at radius 2 is 0.973 bits per heavy atom. The van der Waals surface area contributed by atoms with Gasteiger partial charge in [0.1, 0.15) is 0 Å². The average molecular weight is 613 g/mol. The third kappa shape index (κ3) is 6.06. The molecule has 0 aliphatic heterocycles. The van der Waals surface area contributed by atoms with Crippen molar-refractivity contribution in [3.63, 3.8) is 0 Å². The molecule has 0 bridgehead atoms. The first kappa shape index (κ1) is 26.9. The standard InChI is InChI=1S/C32H25Br2N.C2H6/c1-22-19-27(14-16-30(22)33)35(28-15-17-31(34)23(2)20-28)32-18-13-26(24-9-5-3-6-10-24)21-29(32)25-11-7-4-8-12-25;1-2/h3-21H,1-2H3;1-2H3. The second-order valence-electron chi connectivity index (χ2n) is 8.67. The molecule has 0 N–H and O–H groups in total.